The van der Waals surface area contributed by atoms with Crippen molar-refractivity contribution in [2.75, 3.05) is 25.5 Å². The number of anilines is 1. The van der Waals surface area contributed by atoms with E-state index in [-0.39, 0.29) is 11.4 Å². The molecule has 6 nitrogen and oxygen atoms in total. The summed E-state index contributed by atoms with van der Waals surface area (Å²) >= 11 is 0. The molecule has 0 aliphatic carbocycles. The van der Waals surface area contributed by atoms with E-state index in [1.54, 1.807) is 12.1 Å². The number of hydrogen-bond donors (Lipinski definition) is 1. The third-order valence-corrected chi connectivity index (χ3v) is 4.82. The third-order valence-electron chi connectivity index (χ3n) is 4.82. The lowest BCUT2D eigenvalue weighted by atomic mass is 10.0. The summed E-state index contributed by atoms with van der Waals surface area (Å²) in [7, 11) is 1.45. The number of rotatable bonds is 6. The molecule has 0 atom stereocenters. The zero-order chi connectivity index (χ0) is 18.5. The summed E-state index contributed by atoms with van der Waals surface area (Å²) < 4.78 is 5.14. The lowest BCUT2D eigenvalue weighted by Crippen LogP contribution is -2.38. The molecule has 138 valence electrons. The average Bonchev–Trinajstić information content (AvgIpc) is 2.63. The summed E-state index contributed by atoms with van der Waals surface area (Å²) in [5.74, 6) is 0.289. The number of aryl methyl sites for hydroxylation is 1. The monoisotopic (exact) mass is 355 g/mol. The Hall–Kier alpha value is -2.60. The number of likely N-dealkylation sites (tertiary alicyclic amines) is 1. The molecule has 0 radical (unpaired) electrons. The summed E-state index contributed by atoms with van der Waals surface area (Å²) in [6, 6.07) is 14.0. The number of ether oxygens (including phenoxy) is 1. The molecule has 0 unspecified atom stereocenters. The Kier molecular flexibility index (Phi) is 5.73. The molecule has 1 fully saturated rings. The van der Waals surface area contributed by atoms with Crippen LogP contribution in [0.3, 0.4) is 0 Å². The van der Waals surface area contributed by atoms with Crippen LogP contribution in [0.15, 0.2) is 42.5 Å². The second-order valence-corrected chi connectivity index (χ2v) is 6.83. The van der Waals surface area contributed by atoms with E-state index in [4.69, 9.17) is 4.74 Å². The minimum absolute atomic E-state index is 0.00831. The Morgan fingerprint density at radius 3 is 2.65 bits per heavy atom. The van der Waals surface area contributed by atoms with E-state index in [2.05, 4.69) is 41.4 Å². The maximum Gasteiger partial charge on any atom is 0.311 e. The van der Waals surface area contributed by atoms with Crippen molar-refractivity contribution >= 4 is 11.4 Å². The zero-order valence-corrected chi connectivity index (χ0v) is 15.3. The Bertz CT molecular complexity index is 771. The van der Waals surface area contributed by atoms with Gasteiger partial charge in [-0.15, -0.1) is 0 Å². The van der Waals surface area contributed by atoms with Crippen molar-refractivity contribution < 1.29 is 9.66 Å². The SMILES string of the molecule is COc1cc(NC2CCN(Cc3cccc(C)c3)CC2)ccc1[N+](=O)[O-]. The molecular formula is C20H25N3O3. The largest absolute Gasteiger partial charge is 0.490 e. The van der Waals surface area contributed by atoms with Gasteiger partial charge in [-0.05, 0) is 31.4 Å². The van der Waals surface area contributed by atoms with Crippen molar-refractivity contribution in [1.29, 1.82) is 0 Å². The second kappa shape index (κ2) is 8.19. The molecule has 6 heteroatoms. The molecule has 3 rings (SSSR count). The Balaban J connectivity index is 1.55. The molecule has 1 N–H and O–H groups in total. The number of nitro benzene ring substituents is 1. The number of benzene rings is 2. The molecule has 1 aliphatic heterocycles. The van der Waals surface area contributed by atoms with Crippen molar-refractivity contribution in [2.24, 2.45) is 0 Å². The van der Waals surface area contributed by atoms with Gasteiger partial charge in [-0.25, -0.2) is 0 Å². The van der Waals surface area contributed by atoms with Gasteiger partial charge in [-0.2, -0.15) is 0 Å². The van der Waals surface area contributed by atoms with Crippen molar-refractivity contribution in [3.8, 4) is 5.75 Å². The van der Waals surface area contributed by atoms with Crippen LogP contribution in [0, 0.1) is 17.0 Å². The van der Waals surface area contributed by atoms with Crippen LogP contribution in [0.25, 0.3) is 0 Å². The van der Waals surface area contributed by atoms with Crippen LogP contribution in [-0.2, 0) is 6.54 Å². The van der Waals surface area contributed by atoms with Crippen LogP contribution in [0.5, 0.6) is 5.75 Å². The Morgan fingerprint density at radius 1 is 1.23 bits per heavy atom. The molecule has 0 spiro atoms. The minimum atomic E-state index is -0.424. The second-order valence-electron chi connectivity index (χ2n) is 6.83. The lowest BCUT2D eigenvalue weighted by Gasteiger charge is -2.33. The minimum Gasteiger partial charge on any atom is -0.490 e. The maximum atomic E-state index is 11.0. The summed E-state index contributed by atoms with van der Waals surface area (Å²) in [6.07, 6.45) is 2.09. The first-order chi connectivity index (χ1) is 12.5. The van der Waals surface area contributed by atoms with Crippen LogP contribution < -0.4 is 10.1 Å². The number of methoxy groups -OCH3 is 1. The molecule has 0 amide bonds. The summed E-state index contributed by atoms with van der Waals surface area (Å²) in [4.78, 5) is 13.0. The number of nitrogens with zero attached hydrogens (tertiary/aromatic N) is 2. The molecule has 26 heavy (non-hydrogen) atoms. The van der Waals surface area contributed by atoms with Gasteiger partial charge in [0.05, 0.1) is 12.0 Å². The first-order valence-electron chi connectivity index (χ1n) is 8.92. The summed E-state index contributed by atoms with van der Waals surface area (Å²) in [6.45, 7) is 5.18. The molecule has 0 saturated carbocycles. The quantitative estimate of drug-likeness (QED) is 0.627. The van der Waals surface area contributed by atoms with Gasteiger partial charge < -0.3 is 10.1 Å². The van der Waals surface area contributed by atoms with E-state index >= 15 is 0 Å². The first kappa shape index (κ1) is 18.2. The number of nitrogens with one attached hydrogen (secondary N) is 1. The van der Waals surface area contributed by atoms with Gasteiger partial charge in [0.15, 0.2) is 5.75 Å². The fourth-order valence-electron chi connectivity index (χ4n) is 3.46. The smallest absolute Gasteiger partial charge is 0.311 e. The van der Waals surface area contributed by atoms with E-state index in [1.807, 2.05) is 0 Å². The maximum absolute atomic E-state index is 11.0. The molecule has 0 bridgehead atoms. The van der Waals surface area contributed by atoms with Crippen LogP contribution in [0.2, 0.25) is 0 Å². The van der Waals surface area contributed by atoms with E-state index in [0.717, 1.165) is 38.2 Å². The van der Waals surface area contributed by atoms with E-state index in [0.29, 0.717) is 6.04 Å². The first-order valence-corrected chi connectivity index (χ1v) is 8.92. The van der Waals surface area contributed by atoms with Gasteiger partial charge in [-0.3, -0.25) is 15.0 Å². The number of piperidine rings is 1. The summed E-state index contributed by atoms with van der Waals surface area (Å²) in [5, 5.41) is 14.5. The van der Waals surface area contributed by atoms with Crippen LogP contribution in [-0.4, -0.2) is 36.1 Å². The predicted molar refractivity (Wildman–Crippen MR) is 103 cm³/mol. The van der Waals surface area contributed by atoms with Crippen molar-refractivity contribution in [2.45, 2.75) is 32.4 Å². The average molecular weight is 355 g/mol. The fraction of sp³-hybridized carbons (Fsp3) is 0.400. The van der Waals surface area contributed by atoms with Gasteiger partial charge in [0.25, 0.3) is 0 Å². The molecule has 2 aromatic rings. The Morgan fingerprint density at radius 2 is 2.00 bits per heavy atom. The normalized spacial score (nSPS) is 15.6. The molecule has 1 heterocycles. The number of hydrogen-bond acceptors (Lipinski definition) is 5. The summed E-state index contributed by atoms with van der Waals surface area (Å²) in [5.41, 5.74) is 3.51. The molecule has 1 saturated heterocycles. The lowest BCUT2D eigenvalue weighted by molar-refractivity contribution is -0.385. The van der Waals surface area contributed by atoms with Crippen molar-refractivity contribution in [3.05, 3.63) is 63.7 Å². The highest BCUT2D eigenvalue weighted by atomic mass is 16.6. The topological polar surface area (TPSA) is 67.6 Å². The van der Waals surface area contributed by atoms with Crippen LogP contribution in [0.4, 0.5) is 11.4 Å². The van der Waals surface area contributed by atoms with E-state index < -0.39 is 4.92 Å². The van der Waals surface area contributed by atoms with Gasteiger partial charge >= 0.3 is 5.69 Å². The van der Waals surface area contributed by atoms with Crippen LogP contribution in [0.1, 0.15) is 24.0 Å². The fourth-order valence-corrected chi connectivity index (χ4v) is 3.46. The highest BCUT2D eigenvalue weighted by Crippen LogP contribution is 2.30. The molecule has 1 aliphatic rings. The standard InChI is InChI=1S/C20H25N3O3/c1-15-4-3-5-16(12-15)14-22-10-8-17(9-11-22)21-18-6-7-19(23(24)25)20(13-18)26-2/h3-7,12-13,17,21H,8-11,14H2,1-2H3. The van der Waals surface area contributed by atoms with Gasteiger partial charge in [0.2, 0.25) is 0 Å². The van der Waals surface area contributed by atoms with E-state index in [1.165, 1.54) is 24.3 Å². The Labute approximate surface area is 153 Å². The molecule has 2 aromatic carbocycles. The highest BCUT2D eigenvalue weighted by Gasteiger charge is 2.20. The predicted octanol–water partition coefficient (Wildman–Crippen LogP) is 3.99. The molecular weight excluding hydrogens is 330 g/mol. The van der Waals surface area contributed by atoms with Gasteiger partial charge in [-0.1, -0.05) is 29.8 Å². The van der Waals surface area contributed by atoms with Crippen molar-refractivity contribution in [3.63, 3.8) is 0 Å². The highest BCUT2D eigenvalue weighted by molar-refractivity contribution is 5.58. The molecule has 0 aromatic heterocycles. The van der Waals surface area contributed by atoms with Gasteiger partial charge in [0.1, 0.15) is 0 Å². The third kappa shape index (κ3) is 4.52. The number of nitro groups is 1. The van der Waals surface area contributed by atoms with Gasteiger partial charge in [0, 0.05) is 43.5 Å². The van der Waals surface area contributed by atoms with E-state index in [9.17, 15) is 10.1 Å². The zero-order valence-electron chi connectivity index (χ0n) is 15.3. The van der Waals surface area contributed by atoms with Crippen LogP contribution >= 0.6 is 0 Å². The van der Waals surface area contributed by atoms with Crippen molar-refractivity contribution in [1.82, 2.24) is 4.90 Å².